The van der Waals surface area contributed by atoms with Gasteiger partial charge in [0.05, 0.1) is 28.1 Å². The van der Waals surface area contributed by atoms with Crippen molar-refractivity contribution in [1.82, 2.24) is 23.8 Å². The Bertz CT molecular complexity index is 3080. The van der Waals surface area contributed by atoms with Crippen molar-refractivity contribution < 1.29 is 25.8 Å². The van der Waals surface area contributed by atoms with E-state index in [9.17, 15) is 0 Å². The van der Waals surface area contributed by atoms with Gasteiger partial charge in [0.1, 0.15) is 5.65 Å². The molecular weight excluding hydrogens is 798 g/mol. The molecule has 11 rings (SSSR count). The molecule has 0 amide bonds. The molecule has 0 saturated heterocycles. The number of nitrogens with zero attached hydrogens (tertiary/aromatic N) is 5. The molecule has 6 heterocycles. The van der Waals surface area contributed by atoms with Gasteiger partial charge < -0.3 is 13.5 Å². The second kappa shape index (κ2) is 11.0. The fourth-order valence-electron chi connectivity index (χ4n) is 7.54. The number of hydrogen-bond donors (Lipinski definition) is 0. The van der Waals surface area contributed by atoms with Crippen molar-refractivity contribution in [2.24, 2.45) is 0 Å². The monoisotopic (exact) mass is 820 g/mol. The molecule has 7 heteroatoms. The first-order valence-corrected chi connectivity index (χ1v) is 16.2. The number of para-hydroxylation sites is 1. The van der Waals surface area contributed by atoms with Gasteiger partial charge in [-0.1, -0.05) is 107 Å². The van der Waals surface area contributed by atoms with Gasteiger partial charge in [-0.3, -0.25) is 9.97 Å². The molecule has 0 unspecified atom stereocenters. The molecule has 11 aromatic rings. The van der Waals surface area contributed by atoms with E-state index >= 15 is 0 Å². The molecular formula is C43H23N5OPt. The van der Waals surface area contributed by atoms with Crippen LogP contribution in [0.5, 0.6) is 11.5 Å². The molecule has 6 nitrogen and oxygen atoms in total. The summed E-state index contributed by atoms with van der Waals surface area (Å²) in [5.41, 5.74) is 9.66. The Morgan fingerprint density at radius 1 is 0.520 bits per heavy atom. The van der Waals surface area contributed by atoms with Gasteiger partial charge in [-0.25, -0.2) is 4.98 Å². The molecule has 0 atom stereocenters. The Labute approximate surface area is 299 Å². The van der Waals surface area contributed by atoms with E-state index in [0.29, 0.717) is 11.5 Å². The van der Waals surface area contributed by atoms with E-state index in [-0.39, 0.29) is 21.1 Å². The summed E-state index contributed by atoms with van der Waals surface area (Å²) in [6, 6.07) is 50.7. The summed E-state index contributed by atoms with van der Waals surface area (Å²) >= 11 is 0. The van der Waals surface area contributed by atoms with Crippen LogP contribution in [0.4, 0.5) is 0 Å². The van der Waals surface area contributed by atoms with E-state index in [1.165, 1.54) is 10.8 Å². The van der Waals surface area contributed by atoms with Crippen LogP contribution in [0.25, 0.3) is 88.2 Å². The third-order valence-corrected chi connectivity index (χ3v) is 9.58. The van der Waals surface area contributed by atoms with Gasteiger partial charge in [-0.15, -0.1) is 23.6 Å². The van der Waals surface area contributed by atoms with Gasteiger partial charge in [0.2, 0.25) is 0 Å². The Kier molecular flexibility index (Phi) is 6.33. The zero-order valence-corrected chi connectivity index (χ0v) is 28.5. The van der Waals surface area contributed by atoms with E-state index in [4.69, 9.17) is 19.7 Å². The van der Waals surface area contributed by atoms with Crippen LogP contribution >= 0.6 is 0 Å². The van der Waals surface area contributed by atoms with Gasteiger partial charge in [0.15, 0.2) is 0 Å². The Hall–Kier alpha value is -6.10. The minimum absolute atomic E-state index is 0. The molecule has 0 radical (unpaired) electrons. The molecule has 0 aliphatic rings. The predicted octanol–water partition coefficient (Wildman–Crippen LogP) is 10.3. The van der Waals surface area contributed by atoms with Crippen molar-refractivity contribution in [3.63, 3.8) is 0 Å². The summed E-state index contributed by atoms with van der Waals surface area (Å²) in [6.45, 7) is 0. The number of ether oxygens (including phenoxy) is 1. The summed E-state index contributed by atoms with van der Waals surface area (Å²) in [5, 5.41) is 6.39. The maximum atomic E-state index is 6.56. The number of imidazole rings is 1. The normalized spacial score (nSPS) is 11.8. The fourth-order valence-corrected chi connectivity index (χ4v) is 7.54. The Morgan fingerprint density at radius 3 is 2.02 bits per heavy atom. The molecule has 6 aromatic heterocycles. The number of hydrogen-bond acceptors (Lipinski definition) is 4. The van der Waals surface area contributed by atoms with E-state index in [1.807, 2.05) is 60.9 Å². The summed E-state index contributed by atoms with van der Waals surface area (Å²) in [5.74, 6) is 1.17. The van der Waals surface area contributed by atoms with Crippen molar-refractivity contribution in [3.8, 4) is 34.0 Å². The second-order valence-corrected chi connectivity index (χ2v) is 12.3. The number of benzene rings is 5. The molecule has 0 saturated carbocycles. The van der Waals surface area contributed by atoms with Crippen molar-refractivity contribution >= 4 is 65.7 Å². The predicted molar refractivity (Wildman–Crippen MR) is 196 cm³/mol. The van der Waals surface area contributed by atoms with Gasteiger partial charge in [-0.05, 0) is 35.2 Å². The van der Waals surface area contributed by atoms with E-state index in [2.05, 4.69) is 99.8 Å². The van der Waals surface area contributed by atoms with Crippen LogP contribution in [0.2, 0.25) is 0 Å². The molecule has 0 bridgehead atoms. The molecule has 0 aliphatic heterocycles. The van der Waals surface area contributed by atoms with Gasteiger partial charge in [0, 0.05) is 45.7 Å². The molecule has 0 aliphatic carbocycles. The van der Waals surface area contributed by atoms with Gasteiger partial charge in [0.25, 0.3) is 0 Å². The molecule has 236 valence electrons. The van der Waals surface area contributed by atoms with Gasteiger partial charge >= 0.3 is 21.1 Å². The van der Waals surface area contributed by atoms with Crippen LogP contribution in [0.3, 0.4) is 0 Å². The first kappa shape index (κ1) is 28.9. The van der Waals surface area contributed by atoms with Crippen molar-refractivity contribution in [1.29, 1.82) is 0 Å². The third-order valence-electron chi connectivity index (χ3n) is 9.58. The van der Waals surface area contributed by atoms with Crippen LogP contribution < -0.4 is 4.74 Å². The molecule has 0 fully saturated rings. The molecule has 0 N–H and O–H groups in total. The number of rotatable bonds is 4. The van der Waals surface area contributed by atoms with E-state index in [1.54, 1.807) is 0 Å². The zero-order chi connectivity index (χ0) is 32.1. The maximum Gasteiger partial charge on any atom is 2.00 e. The summed E-state index contributed by atoms with van der Waals surface area (Å²) in [6.07, 6.45) is 3.68. The molecule has 5 aromatic carbocycles. The number of fused-ring (bicyclic) bond motifs is 12. The topological polar surface area (TPSA) is 56.7 Å². The fraction of sp³-hybridized carbons (Fsp3) is 0. The van der Waals surface area contributed by atoms with E-state index in [0.717, 1.165) is 77.4 Å². The van der Waals surface area contributed by atoms with Crippen LogP contribution in [-0.4, -0.2) is 23.8 Å². The Balaban J connectivity index is 0.00000316. The Morgan fingerprint density at radius 2 is 1.20 bits per heavy atom. The number of aromatic nitrogens is 5. The quantitative estimate of drug-likeness (QED) is 0.131. The average molecular weight is 821 g/mol. The minimum atomic E-state index is 0. The second-order valence-electron chi connectivity index (χ2n) is 12.3. The number of pyridine rings is 3. The SMILES string of the molecule is [Pt+2].[c-]1c(Oc2[c-]c3c(cc2)c2cccc4c5cccnc5n3c24)ccc2c1c1nc(-c3ccccc3)c(-c3ccccc3)n1c1cccnc21. The van der Waals surface area contributed by atoms with Crippen LogP contribution in [-0.2, 0) is 21.1 Å². The van der Waals surface area contributed by atoms with Crippen LogP contribution in [0, 0.1) is 12.1 Å². The minimum Gasteiger partial charge on any atom is -0.503 e. The summed E-state index contributed by atoms with van der Waals surface area (Å²) in [7, 11) is 0. The smallest absolute Gasteiger partial charge is 0.503 e. The van der Waals surface area contributed by atoms with Crippen molar-refractivity contribution in [3.05, 3.63) is 152 Å². The molecule has 0 spiro atoms. The van der Waals surface area contributed by atoms with Crippen molar-refractivity contribution in [2.45, 2.75) is 0 Å². The van der Waals surface area contributed by atoms with E-state index < -0.39 is 0 Å². The first-order chi connectivity index (χ1) is 24.3. The largest absolute Gasteiger partial charge is 2.00 e. The molecule has 50 heavy (non-hydrogen) atoms. The van der Waals surface area contributed by atoms with Crippen molar-refractivity contribution in [2.75, 3.05) is 0 Å². The zero-order valence-electron chi connectivity index (χ0n) is 26.2. The van der Waals surface area contributed by atoms with Crippen LogP contribution in [0.15, 0.2) is 140 Å². The third kappa shape index (κ3) is 4.03. The standard InChI is InChI=1S/C43H23N5O.Pt/c1-3-10-26(11-4-1)38-40(27-12-5-2-6-13-27)47-36-17-9-22-44-39(36)31-21-19-28(24-35(31)43(47)46-38)49-29-18-20-30-32-14-7-15-33-34-16-8-23-45-42(34)48(41(32)33)37(30)25-29;/h1-23H;/q-2;+2. The average Bonchev–Trinajstić information content (AvgIpc) is 3.84. The van der Waals surface area contributed by atoms with Gasteiger partial charge in [-0.2, -0.15) is 6.07 Å². The summed E-state index contributed by atoms with van der Waals surface area (Å²) in [4.78, 5) is 15.0. The van der Waals surface area contributed by atoms with Crippen LogP contribution in [0.1, 0.15) is 0 Å². The maximum absolute atomic E-state index is 6.56. The summed E-state index contributed by atoms with van der Waals surface area (Å²) < 4.78 is 11.0. The first-order valence-electron chi connectivity index (χ1n) is 16.2.